The van der Waals surface area contributed by atoms with E-state index >= 15 is 0 Å². The summed E-state index contributed by atoms with van der Waals surface area (Å²) in [6, 6.07) is 0. The zero-order chi connectivity index (χ0) is 26.0. The largest absolute Gasteiger partial charge is 0.399 e. The van der Waals surface area contributed by atoms with Crippen LogP contribution in [0.4, 0.5) is 0 Å². The van der Waals surface area contributed by atoms with Crippen molar-refractivity contribution in [2.24, 2.45) is 50.5 Å². The molecule has 4 saturated carbocycles. The first-order valence-electron chi connectivity index (χ1n) is 14.3. The Bertz CT molecular complexity index is 870. The SMILES string of the molecule is CO/N=C1\CC[C@@]2(C)C(CC[C@]3(C)C2C[C@@H](O)C2C(C(C)(O)CCC=C(C)C)CC[C@]23C)C1(C)C. The second kappa shape index (κ2) is 8.86. The standard InChI is InChI=1S/C31H53NO3/c1-20(2)11-10-15-31(8,34)21-12-17-30(7)26(21)22(33)19-24-28(5)16-14-25(32-35-9)27(3,4)23(28)13-18-29(24,30)6/h11,21-24,26,33-34H,10,12-19H2,1-9H3/b32-25+/t21?,22-,23?,24?,26?,28+,29-,30-,31?/m1/s1. The van der Waals surface area contributed by atoms with Gasteiger partial charge in [0.25, 0.3) is 0 Å². The third-order valence-corrected chi connectivity index (χ3v) is 12.4. The molecule has 4 fully saturated rings. The molecule has 5 unspecified atom stereocenters. The molecule has 4 aliphatic rings. The fourth-order valence-electron chi connectivity index (χ4n) is 10.4. The summed E-state index contributed by atoms with van der Waals surface area (Å²) >= 11 is 0. The average Bonchev–Trinajstić information content (AvgIpc) is 3.12. The number of hydrogen-bond acceptors (Lipinski definition) is 4. The van der Waals surface area contributed by atoms with Crippen LogP contribution in [0.25, 0.3) is 0 Å². The van der Waals surface area contributed by atoms with Crippen LogP contribution in [0.15, 0.2) is 16.8 Å². The fourth-order valence-corrected chi connectivity index (χ4v) is 10.4. The highest BCUT2D eigenvalue weighted by atomic mass is 16.6. The molecule has 4 nitrogen and oxygen atoms in total. The van der Waals surface area contributed by atoms with Gasteiger partial charge >= 0.3 is 0 Å². The van der Waals surface area contributed by atoms with E-state index in [9.17, 15) is 10.2 Å². The quantitative estimate of drug-likeness (QED) is 0.320. The second-order valence-corrected chi connectivity index (χ2v) is 14.6. The van der Waals surface area contributed by atoms with E-state index in [0.717, 1.165) is 44.9 Å². The lowest BCUT2D eigenvalue weighted by Crippen LogP contribution is -2.66. The Labute approximate surface area is 215 Å². The number of oxime groups is 1. The summed E-state index contributed by atoms with van der Waals surface area (Å²) in [7, 11) is 1.67. The monoisotopic (exact) mass is 487 g/mol. The van der Waals surface area contributed by atoms with Gasteiger partial charge in [-0.3, -0.25) is 0 Å². The average molecular weight is 488 g/mol. The maximum absolute atomic E-state index is 11.8. The first-order chi connectivity index (χ1) is 16.1. The lowest BCUT2D eigenvalue weighted by atomic mass is 9.35. The predicted octanol–water partition coefficient (Wildman–Crippen LogP) is 7.14. The van der Waals surface area contributed by atoms with Crippen LogP contribution in [0.1, 0.15) is 113 Å². The molecule has 0 heterocycles. The van der Waals surface area contributed by atoms with Crippen LogP contribution in [0.3, 0.4) is 0 Å². The van der Waals surface area contributed by atoms with Gasteiger partial charge in [-0.25, -0.2) is 0 Å². The molecule has 4 aliphatic carbocycles. The molecule has 0 spiro atoms. The Kier molecular flexibility index (Phi) is 6.88. The molecule has 0 aliphatic heterocycles. The summed E-state index contributed by atoms with van der Waals surface area (Å²) in [6.07, 6.45) is 11.1. The normalized spacial score (nSPS) is 47.3. The Hall–Kier alpha value is -0.870. The maximum atomic E-state index is 11.8. The van der Waals surface area contributed by atoms with E-state index in [4.69, 9.17) is 4.84 Å². The van der Waals surface area contributed by atoms with E-state index in [0.29, 0.717) is 11.8 Å². The van der Waals surface area contributed by atoms with Gasteiger partial charge in [-0.15, -0.1) is 0 Å². The molecular weight excluding hydrogens is 434 g/mol. The van der Waals surface area contributed by atoms with Gasteiger partial charge in [-0.2, -0.15) is 0 Å². The Balaban J connectivity index is 1.66. The van der Waals surface area contributed by atoms with Crippen LogP contribution < -0.4 is 0 Å². The number of fused-ring (bicyclic) bond motifs is 5. The molecule has 35 heavy (non-hydrogen) atoms. The van der Waals surface area contributed by atoms with Crippen LogP contribution in [0, 0.1) is 45.3 Å². The van der Waals surface area contributed by atoms with Crippen molar-refractivity contribution in [2.45, 2.75) is 125 Å². The minimum absolute atomic E-state index is 0.0137. The number of allylic oxidation sites excluding steroid dienone is 2. The molecule has 0 aromatic carbocycles. The van der Waals surface area contributed by atoms with Crippen LogP contribution in [0.5, 0.6) is 0 Å². The molecule has 0 aromatic rings. The first kappa shape index (κ1) is 27.2. The van der Waals surface area contributed by atoms with Gasteiger partial charge in [-0.1, -0.05) is 51.4 Å². The smallest absolute Gasteiger partial charge is 0.106 e. The highest BCUT2D eigenvalue weighted by molar-refractivity contribution is 5.90. The fraction of sp³-hybridized carbons (Fsp3) is 0.903. The molecule has 0 radical (unpaired) electrons. The highest BCUT2D eigenvalue weighted by Gasteiger charge is 2.71. The minimum atomic E-state index is -0.738. The van der Waals surface area contributed by atoms with Gasteiger partial charge in [0.2, 0.25) is 0 Å². The molecule has 4 heteroatoms. The van der Waals surface area contributed by atoms with E-state index in [1.807, 2.05) is 6.92 Å². The predicted molar refractivity (Wildman–Crippen MR) is 144 cm³/mol. The Morgan fingerprint density at radius 2 is 1.71 bits per heavy atom. The van der Waals surface area contributed by atoms with Crippen LogP contribution in [-0.4, -0.2) is 34.7 Å². The summed E-state index contributed by atoms with van der Waals surface area (Å²) in [6.45, 7) is 18.6. The number of aliphatic hydroxyl groups is 2. The van der Waals surface area contributed by atoms with E-state index in [1.54, 1.807) is 7.11 Å². The van der Waals surface area contributed by atoms with Crippen molar-refractivity contribution >= 4 is 5.71 Å². The molecular formula is C31H53NO3. The molecule has 200 valence electrons. The highest BCUT2D eigenvalue weighted by Crippen LogP contribution is 2.75. The van der Waals surface area contributed by atoms with Gasteiger partial charge < -0.3 is 15.1 Å². The van der Waals surface area contributed by atoms with Gasteiger partial charge in [-0.05, 0) is 118 Å². The summed E-state index contributed by atoms with van der Waals surface area (Å²) in [5.41, 5.74) is 2.21. The van der Waals surface area contributed by atoms with Gasteiger partial charge in [0.15, 0.2) is 0 Å². The van der Waals surface area contributed by atoms with Crippen molar-refractivity contribution in [3.8, 4) is 0 Å². The number of nitrogens with zero attached hydrogens (tertiary/aromatic N) is 1. The molecule has 0 saturated heterocycles. The summed E-state index contributed by atoms with van der Waals surface area (Å²) in [5.74, 6) is 1.38. The maximum Gasteiger partial charge on any atom is 0.106 e. The lowest BCUT2D eigenvalue weighted by Gasteiger charge is -2.70. The Morgan fingerprint density at radius 1 is 1.06 bits per heavy atom. The van der Waals surface area contributed by atoms with E-state index in [2.05, 4.69) is 59.7 Å². The van der Waals surface area contributed by atoms with Crippen molar-refractivity contribution in [1.82, 2.24) is 0 Å². The minimum Gasteiger partial charge on any atom is -0.399 e. The molecule has 0 bridgehead atoms. The summed E-state index contributed by atoms with van der Waals surface area (Å²) in [4.78, 5) is 5.25. The van der Waals surface area contributed by atoms with Crippen molar-refractivity contribution < 1.29 is 15.1 Å². The third kappa shape index (κ3) is 3.95. The summed E-state index contributed by atoms with van der Waals surface area (Å²) < 4.78 is 0. The number of hydrogen-bond donors (Lipinski definition) is 2. The van der Waals surface area contributed by atoms with Crippen LogP contribution >= 0.6 is 0 Å². The van der Waals surface area contributed by atoms with Gasteiger partial charge in [0.1, 0.15) is 7.11 Å². The third-order valence-electron chi connectivity index (χ3n) is 12.4. The molecule has 4 rings (SSSR count). The molecule has 9 atom stereocenters. The van der Waals surface area contributed by atoms with E-state index in [1.165, 1.54) is 24.1 Å². The molecule has 2 N–H and O–H groups in total. The number of aliphatic hydroxyl groups excluding tert-OH is 1. The topological polar surface area (TPSA) is 62.0 Å². The molecule has 0 amide bonds. The van der Waals surface area contributed by atoms with Crippen LogP contribution in [-0.2, 0) is 4.84 Å². The zero-order valence-electron chi connectivity index (χ0n) is 24.1. The van der Waals surface area contributed by atoms with Crippen molar-refractivity contribution in [2.75, 3.05) is 7.11 Å². The van der Waals surface area contributed by atoms with Gasteiger partial charge in [0.05, 0.1) is 17.4 Å². The van der Waals surface area contributed by atoms with Crippen molar-refractivity contribution in [1.29, 1.82) is 0 Å². The summed E-state index contributed by atoms with van der Waals surface area (Å²) in [5, 5.41) is 28.0. The lowest BCUT2D eigenvalue weighted by molar-refractivity contribution is -0.226. The van der Waals surface area contributed by atoms with Crippen LogP contribution in [0.2, 0.25) is 0 Å². The molecule has 0 aromatic heterocycles. The Morgan fingerprint density at radius 3 is 2.34 bits per heavy atom. The van der Waals surface area contributed by atoms with E-state index in [-0.39, 0.29) is 39.6 Å². The second-order valence-electron chi connectivity index (χ2n) is 14.6. The van der Waals surface area contributed by atoms with Gasteiger partial charge in [0, 0.05) is 5.41 Å². The zero-order valence-corrected chi connectivity index (χ0v) is 24.1. The van der Waals surface area contributed by atoms with Crippen molar-refractivity contribution in [3.05, 3.63) is 11.6 Å². The first-order valence-corrected chi connectivity index (χ1v) is 14.3. The van der Waals surface area contributed by atoms with E-state index < -0.39 is 5.60 Å². The number of rotatable bonds is 5. The van der Waals surface area contributed by atoms with Crippen molar-refractivity contribution in [3.63, 3.8) is 0 Å².